The van der Waals surface area contributed by atoms with E-state index in [1.54, 1.807) is 17.2 Å². The van der Waals surface area contributed by atoms with E-state index in [1.807, 2.05) is 48.5 Å². The van der Waals surface area contributed by atoms with Crippen LogP contribution in [0.5, 0.6) is 0 Å². The molecule has 7 heteroatoms. The van der Waals surface area contributed by atoms with Crippen molar-refractivity contribution in [2.75, 3.05) is 45.3 Å². The third-order valence-electron chi connectivity index (χ3n) is 5.60. The van der Waals surface area contributed by atoms with E-state index in [0.717, 1.165) is 28.1 Å². The van der Waals surface area contributed by atoms with E-state index in [0.29, 0.717) is 44.1 Å². The molecule has 1 saturated heterocycles. The van der Waals surface area contributed by atoms with Crippen LogP contribution < -0.4 is 5.32 Å². The van der Waals surface area contributed by atoms with Crippen LogP contribution in [0.1, 0.15) is 21.5 Å². The van der Waals surface area contributed by atoms with Gasteiger partial charge in [-0.1, -0.05) is 30.8 Å². The van der Waals surface area contributed by atoms with Crippen LogP contribution in [0, 0.1) is 0 Å². The van der Waals surface area contributed by atoms with E-state index in [4.69, 9.17) is 4.74 Å². The zero-order valence-electron chi connectivity index (χ0n) is 18.3. The number of hydrogen-bond acceptors (Lipinski definition) is 6. The quantitative estimate of drug-likeness (QED) is 0.731. The molecule has 0 aliphatic carbocycles. The summed E-state index contributed by atoms with van der Waals surface area (Å²) in [6.45, 7) is 6.64. The molecule has 1 amide bonds. The Hall–Kier alpha value is -3.42. The van der Waals surface area contributed by atoms with Gasteiger partial charge in [-0.25, -0.2) is 4.98 Å². The third kappa shape index (κ3) is 4.90. The molecule has 1 aromatic carbocycles. The maximum atomic E-state index is 12.6. The van der Waals surface area contributed by atoms with E-state index in [1.165, 1.54) is 0 Å². The second-order valence-electron chi connectivity index (χ2n) is 7.84. The monoisotopic (exact) mass is 432 g/mol. The van der Waals surface area contributed by atoms with Crippen molar-refractivity contribution in [3.8, 4) is 0 Å². The lowest BCUT2D eigenvalue weighted by Gasteiger charge is -2.27. The predicted octanol–water partition coefficient (Wildman–Crippen LogP) is 2.88. The standard InChI is InChI=1S/C25H28N4O3/c1-18-23(15-22(17-28(18)2)20-5-3-4-19(14-20)8-11-30)27-24-7-6-21(16-26-24)25(31)29-9-12-32-13-10-29/h3-7,14-17,30H,1,8-13H2,2H3,(H,26,27). The number of allylic oxidation sites excluding steroid dienone is 2. The van der Waals surface area contributed by atoms with Crippen LogP contribution in [0.4, 0.5) is 5.82 Å². The number of likely N-dealkylation sites (N-methyl/N-ethyl adjacent to an activating group) is 1. The normalized spacial score (nSPS) is 16.5. The van der Waals surface area contributed by atoms with Gasteiger partial charge >= 0.3 is 0 Å². The molecule has 1 aromatic heterocycles. The lowest BCUT2D eigenvalue weighted by Crippen LogP contribution is -2.40. The maximum absolute atomic E-state index is 12.6. The molecule has 2 N–H and O–H groups in total. The van der Waals surface area contributed by atoms with Crippen molar-refractivity contribution >= 4 is 17.3 Å². The summed E-state index contributed by atoms with van der Waals surface area (Å²) in [4.78, 5) is 20.8. The number of ether oxygens (including phenoxy) is 1. The van der Waals surface area contributed by atoms with Crippen LogP contribution in [-0.4, -0.2) is 65.8 Å². The molecule has 0 unspecified atom stereocenters. The van der Waals surface area contributed by atoms with Crippen molar-refractivity contribution in [1.29, 1.82) is 0 Å². The first kappa shape index (κ1) is 21.8. The topological polar surface area (TPSA) is 77.9 Å². The van der Waals surface area contributed by atoms with Gasteiger partial charge in [0.1, 0.15) is 5.82 Å². The minimum atomic E-state index is -0.0265. The van der Waals surface area contributed by atoms with Crippen LogP contribution in [-0.2, 0) is 11.2 Å². The van der Waals surface area contributed by atoms with Gasteiger partial charge in [0.05, 0.1) is 30.2 Å². The highest BCUT2D eigenvalue weighted by Crippen LogP contribution is 2.29. The Labute approximate surface area is 188 Å². The van der Waals surface area contributed by atoms with Crippen molar-refractivity contribution < 1.29 is 14.6 Å². The van der Waals surface area contributed by atoms with Gasteiger partial charge in [-0.3, -0.25) is 4.79 Å². The van der Waals surface area contributed by atoms with E-state index >= 15 is 0 Å². The average Bonchev–Trinajstić information content (AvgIpc) is 2.83. The van der Waals surface area contributed by atoms with Gasteiger partial charge in [0.25, 0.3) is 5.91 Å². The number of aliphatic hydroxyl groups is 1. The lowest BCUT2D eigenvalue weighted by atomic mass is 9.99. The first-order chi connectivity index (χ1) is 15.5. The minimum Gasteiger partial charge on any atom is -0.396 e. The summed E-state index contributed by atoms with van der Waals surface area (Å²) in [5.74, 6) is 0.612. The van der Waals surface area contributed by atoms with Crippen LogP contribution in [0.2, 0.25) is 0 Å². The summed E-state index contributed by atoms with van der Waals surface area (Å²) in [5.41, 5.74) is 5.39. The highest BCUT2D eigenvalue weighted by Gasteiger charge is 2.19. The molecule has 2 aromatic rings. The van der Waals surface area contributed by atoms with Crippen LogP contribution in [0.15, 0.2) is 72.8 Å². The van der Waals surface area contributed by atoms with Gasteiger partial charge in [-0.15, -0.1) is 0 Å². The Morgan fingerprint density at radius 3 is 2.78 bits per heavy atom. The second-order valence-corrected chi connectivity index (χ2v) is 7.84. The molecule has 0 atom stereocenters. The first-order valence-corrected chi connectivity index (χ1v) is 10.7. The van der Waals surface area contributed by atoms with Crippen molar-refractivity contribution in [1.82, 2.24) is 14.8 Å². The molecular weight excluding hydrogens is 404 g/mol. The first-order valence-electron chi connectivity index (χ1n) is 10.7. The molecule has 0 spiro atoms. The molecule has 0 bridgehead atoms. The fourth-order valence-electron chi connectivity index (χ4n) is 3.74. The van der Waals surface area contributed by atoms with Crippen molar-refractivity contribution in [2.24, 2.45) is 0 Å². The van der Waals surface area contributed by atoms with E-state index in [2.05, 4.69) is 22.9 Å². The number of nitrogens with one attached hydrogen (secondary N) is 1. The summed E-state index contributed by atoms with van der Waals surface area (Å²) >= 11 is 0. The van der Waals surface area contributed by atoms with Gasteiger partial charge in [0.15, 0.2) is 0 Å². The largest absolute Gasteiger partial charge is 0.396 e. The summed E-state index contributed by atoms with van der Waals surface area (Å²) in [5, 5.41) is 12.6. The van der Waals surface area contributed by atoms with Crippen LogP contribution in [0.3, 0.4) is 0 Å². The molecule has 4 rings (SSSR count). The average molecular weight is 433 g/mol. The molecule has 32 heavy (non-hydrogen) atoms. The molecule has 2 aliphatic rings. The summed E-state index contributed by atoms with van der Waals surface area (Å²) in [7, 11) is 1.95. The fourth-order valence-corrected chi connectivity index (χ4v) is 3.74. The molecule has 7 nitrogen and oxygen atoms in total. The van der Waals surface area contributed by atoms with Gasteiger partial charge in [0, 0.05) is 44.7 Å². The highest BCUT2D eigenvalue weighted by molar-refractivity contribution is 5.94. The van der Waals surface area contributed by atoms with Crippen LogP contribution in [0.25, 0.3) is 5.57 Å². The lowest BCUT2D eigenvalue weighted by molar-refractivity contribution is 0.0302. The number of hydrogen-bond donors (Lipinski definition) is 2. The van der Waals surface area contributed by atoms with Gasteiger partial charge in [-0.2, -0.15) is 0 Å². The molecule has 0 radical (unpaired) electrons. The zero-order valence-corrected chi connectivity index (χ0v) is 18.3. The number of rotatable bonds is 6. The summed E-state index contributed by atoms with van der Waals surface area (Å²) in [6, 6.07) is 11.7. The number of amides is 1. The van der Waals surface area contributed by atoms with E-state index < -0.39 is 0 Å². The number of carbonyl (C=O) groups excluding carboxylic acids is 1. The Kier molecular flexibility index (Phi) is 6.68. The predicted molar refractivity (Wildman–Crippen MR) is 125 cm³/mol. The molecule has 2 aliphatic heterocycles. The number of benzene rings is 1. The van der Waals surface area contributed by atoms with Gasteiger partial charge in [-0.05, 0) is 35.8 Å². The number of aromatic nitrogens is 1. The maximum Gasteiger partial charge on any atom is 0.255 e. The van der Waals surface area contributed by atoms with Crippen molar-refractivity contribution in [2.45, 2.75) is 6.42 Å². The Morgan fingerprint density at radius 2 is 2.06 bits per heavy atom. The minimum absolute atomic E-state index is 0.0265. The molecule has 0 saturated carbocycles. The Bertz CT molecular complexity index is 1050. The molecule has 166 valence electrons. The zero-order chi connectivity index (χ0) is 22.5. The van der Waals surface area contributed by atoms with Gasteiger partial charge < -0.3 is 25.0 Å². The molecular formula is C25H28N4O3. The van der Waals surface area contributed by atoms with Gasteiger partial charge in [0.2, 0.25) is 0 Å². The number of nitrogens with zero attached hydrogens (tertiary/aromatic N) is 3. The second kappa shape index (κ2) is 9.80. The summed E-state index contributed by atoms with van der Waals surface area (Å²) < 4.78 is 5.31. The number of carbonyl (C=O) groups is 1. The van der Waals surface area contributed by atoms with Crippen molar-refractivity contribution in [3.63, 3.8) is 0 Å². The number of anilines is 1. The Morgan fingerprint density at radius 1 is 1.25 bits per heavy atom. The number of morpholine rings is 1. The Balaban J connectivity index is 1.51. The molecule has 3 heterocycles. The number of pyridine rings is 1. The highest BCUT2D eigenvalue weighted by atomic mass is 16.5. The third-order valence-corrected chi connectivity index (χ3v) is 5.60. The van der Waals surface area contributed by atoms with Crippen molar-refractivity contribution in [3.05, 3.63) is 89.5 Å². The SMILES string of the molecule is C=C1C(Nc2ccc(C(=O)N3CCOCC3)cn2)=CC(c2cccc(CCO)c2)=CN1C. The smallest absolute Gasteiger partial charge is 0.255 e. The van der Waals surface area contributed by atoms with E-state index in [-0.39, 0.29) is 12.5 Å². The van der Waals surface area contributed by atoms with Crippen LogP contribution >= 0.6 is 0 Å². The molecule has 1 fully saturated rings. The number of aliphatic hydroxyl groups excluding tert-OH is 1. The summed E-state index contributed by atoms with van der Waals surface area (Å²) in [6.07, 6.45) is 6.29. The van der Waals surface area contributed by atoms with E-state index in [9.17, 15) is 9.90 Å². The fraction of sp³-hybridized carbons (Fsp3) is 0.280.